The van der Waals surface area contributed by atoms with Crippen molar-refractivity contribution in [2.45, 2.75) is 19.8 Å². The van der Waals surface area contributed by atoms with E-state index in [1.807, 2.05) is 6.07 Å². The smallest absolute Gasteiger partial charge is 0.282 e. The van der Waals surface area contributed by atoms with Crippen LogP contribution in [0.2, 0.25) is 0 Å². The summed E-state index contributed by atoms with van der Waals surface area (Å²) in [5.74, 6) is 0.368. The number of hydrogen-bond donors (Lipinski definition) is 1. The quantitative estimate of drug-likeness (QED) is 0.464. The van der Waals surface area contributed by atoms with Gasteiger partial charge >= 0.3 is 0 Å². The molecule has 3 rings (SSSR count). The maximum atomic E-state index is 12.6. The van der Waals surface area contributed by atoms with E-state index >= 15 is 0 Å². The van der Waals surface area contributed by atoms with Gasteiger partial charge in [-0.3, -0.25) is 15.0 Å². The van der Waals surface area contributed by atoms with Gasteiger partial charge in [-0.1, -0.05) is 37.6 Å². The summed E-state index contributed by atoms with van der Waals surface area (Å²) in [6.07, 6.45) is 3.56. The van der Waals surface area contributed by atoms with Crippen molar-refractivity contribution in [2.24, 2.45) is 0 Å². The normalized spacial score (nSPS) is 15.2. The van der Waals surface area contributed by atoms with Crippen LogP contribution in [0.4, 0.5) is 5.69 Å². The van der Waals surface area contributed by atoms with E-state index in [4.69, 9.17) is 9.47 Å². The highest BCUT2D eigenvalue weighted by atomic mass is 16.5. The van der Waals surface area contributed by atoms with Crippen molar-refractivity contribution >= 4 is 23.6 Å². The third-order valence-electron chi connectivity index (χ3n) is 4.16. The number of carbonyl (C=O) groups is 2. The highest BCUT2D eigenvalue weighted by molar-refractivity contribution is 6.31. The molecule has 0 aliphatic carbocycles. The molecule has 1 heterocycles. The summed E-state index contributed by atoms with van der Waals surface area (Å²) in [5.41, 5.74) is 3.95. The van der Waals surface area contributed by atoms with E-state index < -0.39 is 11.8 Å². The molecule has 0 spiro atoms. The fourth-order valence-corrected chi connectivity index (χ4v) is 2.70. The number of nitrogens with one attached hydrogen (secondary N) is 1. The molecule has 2 aromatic carbocycles. The minimum atomic E-state index is -0.439. The molecule has 0 radical (unpaired) electrons. The first-order valence-corrected chi connectivity index (χ1v) is 8.87. The molecular formula is C21H22N2O4. The Hall–Kier alpha value is -3.28. The fourth-order valence-electron chi connectivity index (χ4n) is 2.70. The van der Waals surface area contributed by atoms with Gasteiger partial charge in [-0.2, -0.15) is 0 Å². The lowest BCUT2D eigenvalue weighted by Gasteiger charge is -2.14. The van der Waals surface area contributed by atoms with E-state index in [-0.39, 0.29) is 5.57 Å². The lowest BCUT2D eigenvalue weighted by Crippen LogP contribution is -2.35. The van der Waals surface area contributed by atoms with Crippen LogP contribution in [-0.4, -0.2) is 25.5 Å². The highest BCUT2D eigenvalue weighted by Gasteiger charge is 2.34. The molecule has 1 saturated heterocycles. The fraction of sp³-hybridized carbons (Fsp3) is 0.238. The summed E-state index contributed by atoms with van der Waals surface area (Å²) in [4.78, 5) is 24.9. The Morgan fingerprint density at radius 3 is 2.56 bits per heavy atom. The van der Waals surface area contributed by atoms with Gasteiger partial charge in [-0.05, 0) is 42.3 Å². The van der Waals surface area contributed by atoms with E-state index in [9.17, 15) is 9.59 Å². The first-order valence-electron chi connectivity index (χ1n) is 8.87. The van der Waals surface area contributed by atoms with Crippen LogP contribution in [0.25, 0.3) is 6.08 Å². The molecule has 140 valence electrons. The van der Waals surface area contributed by atoms with Gasteiger partial charge in [0, 0.05) is 0 Å². The summed E-state index contributed by atoms with van der Waals surface area (Å²) in [5, 5.41) is 1.24. The standard InChI is InChI=1S/C21H22N2O4/c1-3-4-12-27-18-11-10-15(14-19(18)26-2)13-17-20(24)22-23(21(17)25)16-8-6-5-7-9-16/h5-11,13-14H,3-4,12H2,1-2H3,(H,22,24)/b17-13-. The molecule has 6 heteroatoms. The largest absolute Gasteiger partial charge is 0.493 e. The maximum Gasteiger partial charge on any atom is 0.282 e. The van der Waals surface area contributed by atoms with Crippen LogP contribution in [0.5, 0.6) is 11.5 Å². The zero-order valence-electron chi connectivity index (χ0n) is 15.4. The van der Waals surface area contributed by atoms with Crippen LogP contribution >= 0.6 is 0 Å². The van der Waals surface area contributed by atoms with Crippen molar-refractivity contribution in [1.29, 1.82) is 0 Å². The Kier molecular flexibility index (Phi) is 5.76. The number of nitrogens with zero attached hydrogens (tertiary/aromatic N) is 1. The number of benzene rings is 2. The Bertz CT molecular complexity index is 862. The van der Waals surface area contributed by atoms with Gasteiger partial charge in [-0.15, -0.1) is 0 Å². The molecule has 0 saturated carbocycles. The summed E-state index contributed by atoms with van der Waals surface area (Å²) in [6.45, 7) is 2.71. The van der Waals surface area contributed by atoms with Crippen molar-refractivity contribution in [3.8, 4) is 11.5 Å². The van der Waals surface area contributed by atoms with Crippen molar-refractivity contribution in [1.82, 2.24) is 5.43 Å². The predicted octanol–water partition coefficient (Wildman–Crippen LogP) is 3.34. The maximum absolute atomic E-state index is 12.6. The van der Waals surface area contributed by atoms with Gasteiger partial charge in [0.15, 0.2) is 11.5 Å². The first-order chi connectivity index (χ1) is 13.1. The van der Waals surface area contributed by atoms with Gasteiger partial charge in [0.05, 0.1) is 19.4 Å². The number of hydrazine groups is 1. The Morgan fingerprint density at radius 2 is 1.85 bits per heavy atom. The van der Waals surface area contributed by atoms with Crippen LogP contribution in [0.3, 0.4) is 0 Å². The number of amides is 2. The summed E-state index contributed by atoms with van der Waals surface area (Å²) >= 11 is 0. The van der Waals surface area contributed by atoms with Gasteiger partial charge < -0.3 is 9.47 Å². The number of carbonyl (C=O) groups excluding carboxylic acids is 2. The highest BCUT2D eigenvalue weighted by Crippen LogP contribution is 2.30. The number of rotatable bonds is 7. The molecule has 1 N–H and O–H groups in total. The molecule has 0 aromatic heterocycles. The van der Waals surface area contributed by atoms with Gasteiger partial charge in [0.25, 0.3) is 11.8 Å². The van der Waals surface area contributed by atoms with Crippen molar-refractivity contribution in [3.63, 3.8) is 0 Å². The van der Waals surface area contributed by atoms with Crippen LogP contribution < -0.4 is 19.9 Å². The van der Waals surface area contributed by atoms with E-state index in [0.29, 0.717) is 29.4 Å². The molecule has 0 bridgehead atoms. The zero-order chi connectivity index (χ0) is 19.2. The molecule has 1 fully saturated rings. The molecule has 1 aliphatic heterocycles. The Balaban J connectivity index is 1.83. The average Bonchev–Trinajstić information content (AvgIpc) is 2.98. The third kappa shape index (κ3) is 4.11. The van der Waals surface area contributed by atoms with Crippen LogP contribution in [0.15, 0.2) is 54.1 Å². The van der Waals surface area contributed by atoms with Crippen molar-refractivity contribution < 1.29 is 19.1 Å². The van der Waals surface area contributed by atoms with E-state index in [2.05, 4.69) is 12.3 Å². The second-order valence-electron chi connectivity index (χ2n) is 6.09. The molecule has 27 heavy (non-hydrogen) atoms. The van der Waals surface area contributed by atoms with Crippen LogP contribution in [0.1, 0.15) is 25.3 Å². The zero-order valence-corrected chi connectivity index (χ0v) is 15.4. The molecule has 6 nitrogen and oxygen atoms in total. The SMILES string of the molecule is CCCCOc1ccc(/C=C2/C(=O)NN(c3ccccc3)C2=O)cc1OC. The van der Waals surface area contributed by atoms with E-state index in [1.165, 1.54) is 5.01 Å². The van der Waals surface area contributed by atoms with E-state index in [1.54, 1.807) is 55.7 Å². The van der Waals surface area contributed by atoms with Gasteiger partial charge in [-0.25, -0.2) is 5.01 Å². The lowest BCUT2D eigenvalue weighted by atomic mass is 10.1. The Labute approximate surface area is 158 Å². The molecule has 2 aromatic rings. The number of para-hydroxylation sites is 1. The number of hydrogen-bond acceptors (Lipinski definition) is 4. The topological polar surface area (TPSA) is 67.9 Å². The predicted molar refractivity (Wildman–Crippen MR) is 103 cm³/mol. The van der Waals surface area contributed by atoms with Gasteiger partial charge in [0.1, 0.15) is 5.57 Å². The number of methoxy groups -OCH3 is 1. The van der Waals surface area contributed by atoms with Crippen molar-refractivity contribution in [2.75, 3.05) is 18.7 Å². The lowest BCUT2D eigenvalue weighted by molar-refractivity contribution is -0.117. The molecule has 0 unspecified atom stereocenters. The molecule has 1 aliphatic rings. The Morgan fingerprint density at radius 1 is 1.07 bits per heavy atom. The van der Waals surface area contributed by atoms with Crippen LogP contribution in [-0.2, 0) is 9.59 Å². The molecular weight excluding hydrogens is 344 g/mol. The molecule has 2 amide bonds. The number of anilines is 1. The van der Waals surface area contributed by atoms with Crippen molar-refractivity contribution in [3.05, 3.63) is 59.7 Å². The summed E-state index contributed by atoms with van der Waals surface area (Å²) < 4.78 is 11.1. The van der Waals surface area contributed by atoms with Crippen LogP contribution in [0, 0.1) is 0 Å². The average molecular weight is 366 g/mol. The van der Waals surface area contributed by atoms with E-state index in [0.717, 1.165) is 12.8 Å². The monoisotopic (exact) mass is 366 g/mol. The van der Waals surface area contributed by atoms with Gasteiger partial charge in [0.2, 0.25) is 0 Å². The molecule has 0 atom stereocenters. The minimum absolute atomic E-state index is 0.0700. The first kappa shape index (κ1) is 18.5. The third-order valence-corrected chi connectivity index (χ3v) is 4.16. The second-order valence-corrected chi connectivity index (χ2v) is 6.09. The minimum Gasteiger partial charge on any atom is -0.493 e. The summed E-state index contributed by atoms with van der Waals surface area (Å²) in [6, 6.07) is 14.3. The number of unbranched alkanes of at least 4 members (excludes halogenated alkanes) is 1. The summed E-state index contributed by atoms with van der Waals surface area (Å²) in [7, 11) is 1.56. The number of ether oxygens (including phenoxy) is 2. The second kappa shape index (κ2) is 8.40.